The summed E-state index contributed by atoms with van der Waals surface area (Å²) in [4.78, 5) is 24.1. The number of hydrogen-bond donors (Lipinski definition) is 1. The second-order valence-corrected chi connectivity index (χ2v) is 8.07. The van der Waals surface area contributed by atoms with Crippen LogP contribution in [0.15, 0.2) is 29.5 Å². The Kier molecular flexibility index (Phi) is 3.43. The maximum atomic E-state index is 12.5. The van der Waals surface area contributed by atoms with E-state index in [9.17, 15) is 13.2 Å². The fourth-order valence-electron chi connectivity index (χ4n) is 3.42. The number of piperidine rings is 1. The lowest BCUT2D eigenvalue weighted by Gasteiger charge is -2.31. The lowest BCUT2D eigenvalue weighted by atomic mass is 10.1. The molecular weight excluding hydrogens is 330 g/mol. The standard InChI is InChI=1S/C15H17N5O3S/c1-24(22,23)19-6-3-10(4-7-19)20-13(21)9-17-12-8-18-15-11(14(12)20)2-5-16-15/h2,5,8-10H,3-4,6-7H2,1H3,(H,16,18). The van der Waals surface area contributed by atoms with E-state index in [2.05, 4.69) is 15.0 Å². The molecule has 0 unspecified atom stereocenters. The number of nitrogens with zero attached hydrogens (tertiary/aromatic N) is 4. The zero-order valence-electron chi connectivity index (χ0n) is 13.1. The topological polar surface area (TPSA) is 101 Å². The van der Waals surface area contributed by atoms with Crippen LogP contribution in [0.2, 0.25) is 0 Å². The number of nitrogens with one attached hydrogen (secondary N) is 1. The molecule has 1 N–H and O–H groups in total. The van der Waals surface area contributed by atoms with E-state index in [4.69, 9.17) is 0 Å². The zero-order chi connectivity index (χ0) is 16.9. The van der Waals surface area contributed by atoms with E-state index >= 15 is 0 Å². The molecular formula is C15H17N5O3S. The predicted octanol–water partition coefficient (Wildman–Crippen LogP) is 0.869. The molecule has 0 atom stereocenters. The van der Waals surface area contributed by atoms with Gasteiger partial charge in [0.2, 0.25) is 10.0 Å². The average molecular weight is 347 g/mol. The molecule has 1 fully saturated rings. The summed E-state index contributed by atoms with van der Waals surface area (Å²) in [7, 11) is -3.19. The highest BCUT2D eigenvalue weighted by Gasteiger charge is 2.27. The molecule has 3 aromatic rings. The van der Waals surface area contributed by atoms with Crippen molar-refractivity contribution in [1.82, 2.24) is 23.8 Å². The van der Waals surface area contributed by atoms with Gasteiger partial charge in [-0.25, -0.2) is 22.7 Å². The largest absolute Gasteiger partial charge is 0.346 e. The zero-order valence-corrected chi connectivity index (χ0v) is 14.0. The van der Waals surface area contributed by atoms with Gasteiger partial charge in [-0.2, -0.15) is 0 Å². The van der Waals surface area contributed by atoms with Gasteiger partial charge in [0, 0.05) is 30.7 Å². The lowest BCUT2D eigenvalue weighted by Crippen LogP contribution is -2.40. The number of hydrogen-bond acceptors (Lipinski definition) is 5. The first-order valence-corrected chi connectivity index (χ1v) is 9.58. The van der Waals surface area contributed by atoms with Crippen LogP contribution in [-0.4, -0.2) is 51.6 Å². The molecule has 0 bridgehead atoms. The molecule has 1 aliphatic heterocycles. The highest BCUT2D eigenvalue weighted by Crippen LogP contribution is 2.28. The number of pyridine rings is 1. The van der Waals surface area contributed by atoms with E-state index in [0.717, 1.165) is 10.9 Å². The second kappa shape index (κ2) is 5.38. The molecule has 3 aromatic heterocycles. The quantitative estimate of drug-likeness (QED) is 0.741. The summed E-state index contributed by atoms with van der Waals surface area (Å²) in [5.74, 6) is 0. The highest BCUT2D eigenvalue weighted by atomic mass is 32.2. The fourth-order valence-corrected chi connectivity index (χ4v) is 4.30. The summed E-state index contributed by atoms with van der Waals surface area (Å²) < 4.78 is 26.6. The van der Waals surface area contributed by atoms with Crippen molar-refractivity contribution in [2.75, 3.05) is 19.3 Å². The summed E-state index contributed by atoms with van der Waals surface area (Å²) in [6, 6.07) is 1.83. The molecule has 8 nitrogen and oxygen atoms in total. The lowest BCUT2D eigenvalue weighted by molar-refractivity contribution is 0.275. The molecule has 4 rings (SSSR count). The Morgan fingerprint density at radius 1 is 1.21 bits per heavy atom. The number of H-pyrrole nitrogens is 1. The molecule has 0 radical (unpaired) electrons. The molecule has 0 aromatic carbocycles. The highest BCUT2D eigenvalue weighted by molar-refractivity contribution is 7.88. The van der Waals surface area contributed by atoms with Gasteiger partial charge in [-0.3, -0.25) is 4.79 Å². The first-order chi connectivity index (χ1) is 11.4. The Hall–Kier alpha value is -2.26. The number of aromatic nitrogens is 4. The van der Waals surface area contributed by atoms with Gasteiger partial charge in [-0.15, -0.1) is 0 Å². The Morgan fingerprint density at radius 3 is 2.67 bits per heavy atom. The van der Waals surface area contributed by atoms with Gasteiger partial charge in [0.15, 0.2) is 0 Å². The van der Waals surface area contributed by atoms with E-state index in [0.29, 0.717) is 37.1 Å². The van der Waals surface area contributed by atoms with Crippen molar-refractivity contribution < 1.29 is 8.42 Å². The van der Waals surface area contributed by atoms with E-state index < -0.39 is 10.0 Å². The smallest absolute Gasteiger partial charge is 0.269 e. The van der Waals surface area contributed by atoms with Crippen LogP contribution in [0, 0.1) is 0 Å². The van der Waals surface area contributed by atoms with Crippen LogP contribution in [0.5, 0.6) is 0 Å². The minimum absolute atomic E-state index is 0.0542. The maximum absolute atomic E-state index is 12.5. The maximum Gasteiger partial charge on any atom is 0.269 e. The summed E-state index contributed by atoms with van der Waals surface area (Å²) in [5.41, 5.74) is 1.95. The monoisotopic (exact) mass is 347 g/mol. The molecule has 0 saturated carbocycles. The van der Waals surface area contributed by atoms with Crippen molar-refractivity contribution in [2.24, 2.45) is 0 Å². The Labute approximate surface area is 138 Å². The molecule has 24 heavy (non-hydrogen) atoms. The van der Waals surface area contributed by atoms with Crippen LogP contribution in [0.3, 0.4) is 0 Å². The predicted molar refractivity (Wildman–Crippen MR) is 90.3 cm³/mol. The third-order valence-corrected chi connectivity index (χ3v) is 5.89. The second-order valence-electron chi connectivity index (χ2n) is 6.09. The van der Waals surface area contributed by atoms with Crippen molar-refractivity contribution in [3.63, 3.8) is 0 Å². The van der Waals surface area contributed by atoms with Crippen LogP contribution >= 0.6 is 0 Å². The third-order valence-electron chi connectivity index (χ3n) is 4.59. The fraction of sp³-hybridized carbons (Fsp3) is 0.400. The molecule has 1 saturated heterocycles. The van der Waals surface area contributed by atoms with E-state index in [1.165, 1.54) is 16.8 Å². The molecule has 0 amide bonds. The SMILES string of the molecule is CS(=O)(=O)N1CCC(n2c(=O)cnc3cnc4[nH]ccc4c32)CC1. The minimum Gasteiger partial charge on any atom is -0.346 e. The Bertz CT molecular complexity index is 1080. The van der Waals surface area contributed by atoms with Crippen LogP contribution in [-0.2, 0) is 10.0 Å². The molecule has 0 aliphatic carbocycles. The van der Waals surface area contributed by atoms with Crippen molar-refractivity contribution >= 4 is 32.1 Å². The number of aromatic amines is 1. The van der Waals surface area contributed by atoms with E-state index in [1.54, 1.807) is 17.0 Å². The first kappa shape index (κ1) is 15.3. The Balaban J connectivity index is 1.84. The first-order valence-electron chi connectivity index (χ1n) is 7.73. The van der Waals surface area contributed by atoms with Gasteiger partial charge in [-0.05, 0) is 18.9 Å². The molecule has 1 aliphatic rings. The van der Waals surface area contributed by atoms with Crippen LogP contribution in [0.25, 0.3) is 22.1 Å². The van der Waals surface area contributed by atoms with Crippen LogP contribution in [0.4, 0.5) is 0 Å². The third kappa shape index (κ3) is 2.40. The van der Waals surface area contributed by atoms with E-state index in [-0.39, 0.29) is 11.6 Å². The van der Waals surface area contributed by atoms with Gasteiger partial charge >= 0.3 is 0 Å². The van der Waals surface area contributed by atoms with Crippen LogP contribution < -0.4 is 5.56 Å². The van der Waals surface area contributed by atoms with Gasteiger partial charge in [0.25, 0.3) is 5.56 Å². The van der Waals surface area contributed by atoms with Crippen molar-refractivity contribution in [3.05, 3.63) is 35.0 Å². The normalized spacial score (nSPS) is 17.7. The number of rotatable bonds is 2. The van der Waals surface area contributed by atoms with Gasteiger partial charge in [-0.1, -0.05) is 0 Å². The average Bonchev–Trinajstić information content (AvgIpc) is 3.03. The summed E-state index contributed by atoms with van der Waals surface area (Å²) in [6.07, 6.45) is 7.16. The summed E-state index contributed by atoms with van der Waals surface area (Å²) in [6.45, 7) is 0.836. The summed E-state index contributed by atoms with van der Waals surface area (Å²) >= 11 is 0. The Morgan fingerprint density at radius 2 is 1.96 bits per heavy atom. The molecule has 0 spiro atoms. The van der Waals surface area contributed by atoms with Crippen molar-refractivity contribution in [2.45, 2.75) is 18.9 Å². The van der Waals surface area contributed by atoms with Crippen molar-refractivity contribution in [1.29, 1.82) is 0 Å². The molecule has 126 valence electrons. The van der Waals surface area contributed by atoms with Gasteiger partial charge in [0.05, 0.1) is 24.2 Å². The van der Waals surface area contributed by atoms with E-state index in [1.807, 2.05) is 6.07 Å². The van der Waals surface area contributed by atoms with Gasteiger partial charge in [0.1, 0.15) is 11.2 Å². The van der Waals surface area contributed by atoms with Crippen molar-refractivity contribution in [3.8, 4) is 0 Å². The molecule has 9 heteroatoms. The van der Waals surface area contributed by atoms with Crippen LogP contribution in [0.1, 0.15) is 18.9 Å². The number of sulfonamides is 1. The number of fused-ring (bicyclic) bond motifs is 3. The molecule has 4 heterocycles. The summed E-state index contributed by atoms with van der Waals surface area (Å²) in [5, 5.41) is 0.850. The van der Waals surface area contributed by atoms with Gasteiger partial charge < -0.3 is 9.55 Å². The minimum atomic E-state index is -3.19.